The van der Waals surface area contributed by atoms with E-state index in [1.54, 1.807) is 10.7 Å². The number of aryl methyl sites for hydroxylation is 2. The molecule has 0 unspecified atom stereocenters. The zero-order valence-corrected chi connectivity index (χ0v) is 13.0. The Bertz CT molecular complexity index is 823. The van der Waals surface area contributed by atoms with Gasteiger partial charge in [0.15, 0.2) is 5.82 Å². The van der Waals surface area contributed by atoms with Crippen LogP contribution in [-0.2, 0) is 6.54 Å². The van der Waals surface area contributed by atoms with Crippen molar-refractivity contribution in [3.8, 4) is 5.69 Å². The maximum absolute atomic E-state index is 12.2. The molecule has 0 aliphatic heterocycles. The third kappa shape index (κ3) is 3.42. The van der Waals surface area contributed by atoms with Crippen molar-refractivity contribution in [2.75, 3.05) is 0 Å². The summed E-state index contributed by atoms with van der Waals surface area (Å²) in [6, 6.07) is 15.3. The van der Waals surface area contributed by atoms with Crippen molar-refractivity contribution in [1.29, 1.82) is 0 Å². The summed E-state index contributed by atoms with van der Waals surface area (Å²) in [5.74, 6) is 0.432. The molecule has 116 valence electrons. The molecule has 0 aliphatic carbocycles. The van der Waals surface area contributed by atoms with Crippen LogP contribution in [0.15, 0.2) is 48.5 Å². The third-order valence-electron chi connectivity index (χ3n) is 3.50. The molecule has 6 heteroatoms. The molecule has 0 bridgehead atoms. The highest BCUT2D eigenvalue weighted by Crippen LogP contribution is 2.10. The second-order valence-corrected chi connectivity index (χ2v) is 5.39. The van der Waals surface area contributed by atoms with Crippen molar-refractivity contribution >= 4 is 5.91 Å². The maximum Gasteiger partial charge on any atom is 0.251 e. The van der Waals surface area contributed by atoms with E-state index in [0.717, 1.165) is 16.8 Å². The lowest BCUT2D eigenvalue weighted by Crippen LogP contribution is -2.24. The predicted octanol–water partition coefficient (Wildman–Crippen LogP) is 2.21. The van der Waals surface area contributed by atoms with E-state index in [-0.39, 0.29) is 12.5 Å². The van der Waals surface area contributed by atoms with Crippen molar-refractivity contribution in [3.63, 3.8) is 0 Å². The summed E-state index contributed by atoms with van der Waals surface area (Å²) in [6.45, 7) is 4.23. The quantitative estimate of drug-likeness (QED) is 0.802. The first-order chi connectivity index (χ1) is 11.1. The number of aromatic nitrogens is 4. The Morgan fingerprint density at radius 3 is 2.61 bits per heavy atom. The lowest BCUT2D eigenvalue weighted by Gasteiger charge is -2.07. The average molecular weight is 307 g/mol. The lowest BCUT2D eigenvalue weighted by molar-refractivity contribution is 0.0949. The number of rotatable bonds is 4. The largest absolute Gasteiger partial charge is 0.345 e. The second kappa shape index (κ2) is 6.39. The number of nitrogens with one attached hydrogen (secondary N) is 1. The van der Waals surface area contributed by atoms with Gasteiger partial charge in [-0.2, -0.15) is 4.68 Å². The van der Waals surface area contributed by atoms with E-state index in [0.29, 0.717) is 11.4 Å². The summed E-state index contributed by atoms with van der Waals surface area (Å²) in [4.78, 5) is 12.2. The molecule has 3 rings (SSSR count). The van der Waals surface area contributed by atoms with Crippen LogP contribution in [-0.4, -0.2) is 26.1 Å². The number of carbonyl (C=O) groups is 1. The number of nitrogens with zero attached hydrogens (tertiary/aromatic N) is 4. The van der Waals surface area contributed by atoms with Gasteiger partial charge >= 0.3 is 0 Å². The summed E-state index contributed by atoms with van der Waals surface area (Å²) in [5, 5.41) is 14.5. The third-order valence-corrected chi connectivity index (χ3v) is 3.50. The minimum atomic E-state index is -0.146. The first kappa shape index (κ1) is 14.9. The summed E-state index contributed by atoms with van der Waals surface area (Å²) in [5.41, 5.74) is 3.69. The maximum atomic E-state index is 12.2. The Kier molecular flexibility index (Phi) is 4.14. The van der Waals surface area contributed by atoms with Gasteiger partial charge < -0.3 is 5.32 Å². The van der Waals surface area contributed by atoms with Crippen LogP contribution in [0, 0.1) is 13.8 Å². The number of hydrogen-bond donors (Lipinski definition) is 1. The van der Waals surface area contributed by atoms with Crippen LogP contribution in [0.3, 0.4) is 0 Å². The molecule has 6 nitrogen and oxygen atoms in total. The Hall–Kier alpha value is -3.02. The molecule has 0 saturated carbocycles. The molecular weight excluding hydrogens is 290 g/mol. The fourth-order valence-electron chi connectivity index (χ4n) is 2.25. The van der Waals surface area contributed by atoms with E-state index < -0.39 is 0 Å². The summed E-state index contributed by atoms with van der Waals surface area (Å²) in [7, 11) is 0. The van der Waals surface area contributed by atoms with Gasteiger partial charge in [0.05, 0.1) is 12.2 Å². The molecule has 0 radical (unpaired) electrons. The molecule has 1 N–H and O–H groups in total. The zero-order valence-electron chi connectivity index (χ0n) is 13.0. The Labute approximate surface area is 134 Å². The van der Waals surface area contributed by atoms with Crippen molar-refractivity contribution in [1.82, 2.24) is 25.5 Å². The van der Waals surface area contributed by atoms with Crippen molar-refractivity contribution in [3.05, 3.63) is 71.0 Å². The number of benzene rings is 2. The molecule has 0 saturated heterocycles. The average Bonchev–Trinajstić information content (AvgIpc) is 3.02. The molecule has 0 spiro atoms. The Morgan fingerprint density at radius 1 is 1.09 bits per heavy atom. The van der Waals surface area contributed by atoms with Gasteiger partial charge in [-0.3, -0.25) is 4.79 Å². The SMILES string of the molecule is Cc1ccc(-n2nnnc2CNC(=O)c2cccc(C)c2)cc1. The lowest BCUT2D eigenvalue weighted by atomic mass is 10.1. The predicted molar refractivity (Wildman–Crippen MR) is 86.2 cm³/mol. The molecule has 1 amide bonds. The van der Waals surface area contributed by atoms with E-state index in [1.165, 1.54) is 0 Å². The van der Waals surface area contributed by atoms with E-state index in [9.17, 15) is 4.79 Å². The minimum Gasteiger partial charge on any atom is -0.345 e. The molecule has 0 atom stereocenters. The molecule has 23 heavy (non-hydrogen) atoms. The minimum absolute atomic E-state index is 0.146. The number of hydrogen-bond acceptors (Lipinski definition) is 4. The number of carbonyl (C=O) groups excluding carboxylic acids is 1. The van der Waals surface area contributed by atoms with Crippen LogP contribution >= 0.6 is 0 Å². The second-order valence-electron chi connectivity index (χ2n) is 5.39. The summed E-state index contributed by atoms with van der Waals surface area (Å²) >= 11 is 0. The van der Waals surface area contributed by atoms with Gasteiger partial charge in [-0.05, 0) is 48.5 Å². The van der Waals surface area contributed by atoms with Crippen LogP contribution < -0.4 is 5.32 Å². The van der Waals surface area contributed by atoms with E-state index in [2.05, 4.69) is 20.8 Å². The molecule has 0 aliphatic rings. The highest BCUT2D eigenvalue weighted by molar-refractivity contribution is 5.94. The first-order valence-corrected chi connectivity index (χ1v) is 7.32. The standard InChI is InChI=1S/C17H17N5O/c1-12-6-8-15(9-7-12)22-16(19-20-21-22)11-18-17(23)14-5-3-4-13(2)10-14/h3-10H,11H2,1-2H3,(H,18,23). The van der Waals surface area contributed by atoms with Crippen LogP contribution in [0.25, 0.3) is 5.69 Å². The van der Waals surface area contributed by atoms with Crippen molar-refractivity contribution in [2.24, 2.45) is 0 Å². The van der Waals surface area contributed by atoms with Crippen LogP contribution in [0.4, 0.5) is 0 Å². The molecule has 1 heterocycles. The summed E-state index contributed by atoms with van der Waals surface area (Å²) < 4.78 is 1.62. The fraction of sp³-hybridized carbons (Fsp3) is 0.176. The van der Waals surface area contributed by atoms with Gasteiger partial charge in [-0.25, -0.2) is 0 Å². The van der Waals surface area contributed by atoms with Gasteiger partial charge in [0.25, 0.3) is 5.91 Å². The smallest absolute Gasteiger partial charge is 0.251 e. The Morgan fingerprint density at radius 2 is 1.87 bits per heavy atom. The van der Waals surface area contributed by atoms with Crippen LogP contribution in [0.5, 0.6) is 0 Å². The van der Waals surface area contributed by atoms with Crippen molar-refractivity contribution in [2.45, 2.75) is 20.4 Å². The van der Waals surface area contributed by atoms with Gasteiger partial charge in [0.2, 0.25) is 0 Å². The van der Waals surface area contributed by atoms with Crippen molar-refractivity contribution < 1.29 is 4.79 Å². The Balaban J connectivity index is 1.73. The molecule has 3 aromatic rings. The van der Waals surface area contributed by atoms with Crippen LogP contribution in [0.1, 0.15) is 27.3 Å². The van der Waals surface area contributed by atoms with Crippen LogP contribution in [0.2, 0.25) is 0 Å². The van der Waals surface area contributed by atoms with E-state index in [1.807, 2.05) is 56.3 Å². The number of tetrazole rings is 1. The summed E-state index contributed by atoms with van der Waals surface area (Å²) in [6.07, 6.45) is 0. The highest BCUT2D eigenvalue weighted by Gasteiger charge is 2.11. The van der Waals surface area contributed by atoms with Gasteiger partial charge in [-0.1, -0.05) is 35.4 Å². The van der Waals surface area contributed by atoms with E-state index >= 15 is 0 Å². The zero-order chi connectivity index (χ0) is 16.2. The molecule has 2 aromatic carbocycles. The molecular formula is C17H17N5O. The highest BCUT2D eigenvalue weighted by atomic mass is 16.1. The van der Waals surface area contributed by atoms with E-state index in [4.69, 9.17) is 0 Å². The number of amides is 1. The molecule has 0 fully saturated rings. The normalized spacial score (nSPS) is 10.5. The molecule has 1 aromatic heterocycles. The van der Waals surface area contributed by atoms with Gasteiger partial charge in [0.1, 0.15) is 0 Å². The van der Waals surface area contributed by atoms with Gasteiger partial charge in [-0.15, -0.1) is 5.10 Å². The van der Waals surface area contributed by atoms with Gasteiger partial charge in [0, 0.05) is 5.56 Å². The topological polar surface area (TPSA) is 72.7 Å². The first-order valence-electron chi connectivity index (χ1n) is 7.32. The fourth-order valence-corrected chi connectivity index (χ4v) is 2.25. The monoisotopic (exact) mass is 307 g/mol.